The molecular weight excluding hydrogens is 325 g/mol. The van der Waals surface area contributed by atoms with Crippen molar-refractivity contribution in [3.63, 3.8) is 0 Å². The molecule has 0 aliphatic rings. The van der Waals surface area contributed by atoms with Crippen molar-refractivity contribution in [1.82, 2.24) is 0 Å². The second-order valence-electron chi connectivity index (χ2n) is 4.78. The van der Waals surface area contributed by atoms with Crippen molar-refractivity contribution in [3.8, 4) is 0 Å². The van der Waals surface area contributed by atoms with Crippen molar-refractivity contribution < 1.29 is 17.7 Å². The highest BCUT2D eigenvalue weighted by Gasteiger charge is 2.14. The number of nitro benzene ring substituents is 1. The van der Waals surface area contributed by atoms with E-state index in [0.29, 0.717) is 13.0 Å². The molecule has 7 nitrogen and oxygen atoms in total. The number of halogens is 1. The van der Waals surface area contributed by atoms with Crippen LogP contribution in [0.2, 0.25) is 0 Å². The molecular formula is C14H14FN3O4S. The molecule has 0 atom stereocenters. The lowest BCUT2D eigenvalue weighted by Gasteiger charge is -2.07. The van der Waals surface area contributed by atoms with Crippen LogP contribution >= 0.6 is 0 Å². The Labute approximate surface area is 132 Å². The van der Waals surface area contributed by atoms with Gasteiger partial charge in [-0.1, -0.05) is 12.1 Å². The summed E-state index contributed by atoms with van der Waals surface area (Å²) in [6, 6.07) is 9.30. The predicted molar refractivity (Wildman–Crippen MR) is 83.1 cm³/mol. The van der Waals surface area contributed by atoms with Gasteiger partial charge in [-0.05, 0) is 36.2 Å². The molecule has 3 N–H and O–H groups in total. The summed E-state index contributed by atoms with van der Waals surface area (Å²) in [5.74, 6) is -0.680. The Morgan fingerprint density at radius 2 is 1.83 bits per heavy atom. The van der Waals surface area contributed by atoms with Crippen LogP contribution in [0.5, 0.6) is 0 Å². The SMILES string of the molecule is NS(=O)(=O)c1ccc(CCNc2ccc(F)cc2[N+](=O)[O-])cc1. The number of hydrogen-bond acceptors (Lipinski definition) is 5. The smallest absolute Gasteiger partial charge is 0.295 e. The highest BCUT2D eigenvalue weighted by Crippen LogP contribution is 2.24. The minimum Gasteiger partial charge on any atom is -0.379 e. The fraction of sp³-hybridized carbons (Fsp3) is 0.143. The van der Waals surface area contributed by atoms with Crippen LogP contribution in [-0.4, -0.2) is 19.9 Å². The lowest BCUT2D eigenvalue weighted by molar-refractivity contribution is -0.384. The third-order valence-electron chi connectivity index (χ3n) is 3.14. The van der Waals surface area contributed by atoms with Gasteiger partial charge in [0.2, 0.25) is 10.0 Å². The van der Waals surface area contributed by atoms with E-state index < -0.39 is 20.8 Å². The van der Waals surface area contributed by atoms with Crippen molar-refractivity contribution in [1.29, 1.82) is 0 Å². The molecule has 0 aromatic heterocycles. The zero-order chi connectivity index (χ0) is 17.0. The van der Waals surface area contributed by atoms with Gasteiger partial charge in [0.25, 0.3) is 5.69 Å². The molecule has 2 aromatic rings. The van der Waals surface area contributed by atoms with Crippen LogP contribution in [0.15, 0.2) is 47.4 Å². The third kappa shape index (κ3) is 4.47. The van der Waals surface area contributed by atoms with Gasteiger partial charge in [0.05, 0.1) is 15.9 Å². The maximum atomic E-state index is 13.0. The van der Waals surface area contributed by atoms with Crippen molar-refractivity contribution >= 4 is 21.4 Å². The lowest BCUT2D eigenvalue weighted by atomic mass is 10.1. The molecule has 0 fully saturated rings. The van der Waals surface area contributed by atoms with Crippen LogP contribution in [0.1, 0.15) is 5.56 Å². The topological polar surface area (TPSA) is 115 Å². The van der Waals surface area contributed by atoms with Crippen molar-refractivity contribution in [3.05, 3.63) is 64.0 Å². The van der Waals surface area contributed by atoms with Crippen LogP contribution in [0, 0.1) is 15.9 Å². The van der Waals surface area contributed by atoms with E-state index in [-0.39, 0.29) is 16.3 Å². The number of nitrogens with two attached hydrogens (primary N) is 1. The largest absolute Gasteiger partial charge is 0.379 e. The van der Waals surface area contributed by atoms with E-state index >= 15 is 0 Å². The summed E-state index contributed by atoms with van der Waals surface area (Å²) in [4.78, 5) is 10.2. The standard InChI is InChI=1S/C14H14FN3O4S/c15-11-3-6-13(14(9-11)18(19)20)17-8-7-10-1-4-12(5-2-10)23(16,21)22/h1-6,9,17H,7-8H2,(H2,16,21,22). The second kappa shape index (κ2) is 6.71. The van der Waals surface area contributed by atoms with Crippen LogP contribution in [0.25, 0.3) is 0 Å². The van der Waals surface area contributed by atoms with Crippen molar-refractivity contribution in [2.45, 2.75) is 11.3 Å². The lowest BCUT2D eigenvalue weighted by Crippen LogP contribution is -2.12. The molecule has 2 rings (SSSR count). The molecule has 0 spiro atoms. The molecule has 0 bridgehead atoms. The number of nitrogens with one attached hydrogen (secondary N) is 1. The number of rotatable bonds is 6. The Morgan fingerprint density at radius 1 is 1.17 bits per heavy atom. The Morgan fingerprint density at radius 3 is 2.39 bits per heavy atom. The second-order valence-corrected chi connectivity index (χ2v) is 6.35. The maximum Gasteiger partial charge on any atom is 0.295 e. The summed E-state index contributed by atoms with van der Waals surface area (Å²) in [5, 5.41) is 18.7. The minimum absolute atomic E-state index is 0.0170. The summed E-state index contributed by atoms with van der Waals surface area (Å²) in [6.07, 6.45) is 0.499. The Balaban J connectivity index is 2.02. The number of primary sulfonamides is 1. The molecule has 23 heavy (non-hydrogen) atoms. The van der Waals surface area contributed by atoms with E-state index in [1.54, 1.807) is 12.1 Å². The van der Waals surface area contributed by atoms with E-state index in [1.807, 2.05) is 0 Å². The van der Waals surface area contributed by atoms with E-state index in [4.69, 9.17) is 5.14 Å². The van der Waals surface area contributed by atoms with Gasteiger partial charge in [-0.2, -0.15) is 0 Å². The van der Waals surface area contributed by atoms with E-state index in [0.717, 1.165) is 17.7 Å². The van der Waals surface area contributed by atoms with Gasteiger partial charge in [-0.3, -0.25) is 10.1 Å². The third-order valence-corrected chi connectivity index (χ3v) is 4.07. The predicted octanol–water partition coefficient (Wildman–Crippen LogP) is 2.04. The molecule has 2 aromatic carbocycles. The van der Waals surface area contributed by atoms with Gasteiger partial charge >= 0.3 is 0 Å². The van der Waals surface area contributed by atoms with Gasteiger partial charge in [-0.15, -0.1) is 0 Å². The first-order valence-corrected chi connectivity index (χ1v) is 8.11. The number of nitrogens with zero attached hydrogens (tertiary/aromatic N) is 1. The number of sulfonamides is 1. The fourth-order valence-electron chi connectivity index (χ4n) is 1.99. The van der Waals surface area contributed by atoms with Gasteiger partial charge in [0.1, 0.15) is 11.5 Å². The zero-order valence-electron chi connectivity index (χ0n) is 11.9. The molecule has 0 radical (unpaired) electrons. The Kier molecular flexibility index (Phi) is 4.92. The first-order chi connectivity index (χ1) is 10.8. The molecule has 0 saturated heterocycles. The van der Waals surface area contributed by atoms with E-state index in [2.05, 4.69) is 5.32 Å². The highest BCUT2D eigenvalue weighted by molar-refractivity contribution is 7.89. The summed E-state index contributed by atoms with van der Waals surface area (Å²) < 4.78 is 35.3. The molecule has 0 amide bonds. The van der Waals surface area contributed by atoms with E-state index in [9.17, 15) is 22.9 Å². The van der Waals surface area contributed by atoms with Crippen molar-refractivity contribution in [2.75, 3.05) is 11.9 Å². The molecule has 9 heteroatoms. The quantitative estimate of drug-likeness (QED) is 0.617. The summed E-state index contributed by atoms with van der Waals surface area (Å²) in [7, 11) is -3.73. The summed E-state index contributed by atoms with van der Waals surface area (Å²) in [5.41, 5.74) is 0.710. The van der Waals surface area contributed by atoms with E-state index in [1.165, 1.54) is 18.2 Å². The van der Waals surface area contributed by atoms with Gasteiger partial charge in [-0.25, -0.2) is 17.9 Å². The van der Waals surface area contributed by atoms with Crippen LogP contribution in [-0.2, 0) is 16.4 Å². The highest BCUT2D eigenvalue weighted by atomic mass is 32.2. The molecule has 0 aliphatic heterocycles. The maximum absolute atomic E-state index is 13.0. The molecule has 122 valence electrons. The van der Waals surface area contributed by atoms with Crippen LogP contribution in [0.4, 0.5) is 15.8 Å². The van der Waals surface area contributed by atoms with Gasteiger partial charge in [0.15, 0.2) is 0 Å². The van der Waals surface area contributed by atoms with Crippen molar-refractivity contribution in [2.24, 2.45) is 5.14 Å². The summed E-state index contributed by atoms with van der Waals surface area (Å²) >= 11 is 0. The Hall–Kier alpha value is -2.52. The first-order valence-electron chi connectivity index (χ1n) is 6.57. The number of hydrogen-bond donors (Lipinski definition) is 2. The summed E-state index contributed by atoms with van der Waals surface area (Å²) in [6.45, 7) is 0.362. The number of anilines is 1. The van der Waals surface area contributed by atoms with Crippen LogP contribution < -0.4 is 10.5 Å². The Bertz CT molecular complexity index is 822. The average Bonchev–Trinajstić information content (AvgIpc) is 2.48. The monoisotopic (exact) mass is 339 g/mol. The average molecular weight is 339 g/mol. The number of benzene rings is 2. The van der Waals surface area contributed by atoms with Gasteiger partial charge < -0.3 is 5.32 Å². The molecule has 0 saturated carbocycles. The first kappa shape index (κ1) is 16.8. The minimum atomic E-state index is -3.73. The normalized spacial score (nSPS) is 11.2. The molecule has 0 aliphatic carbocycles. The fourth-order valence-corrected chi connectivity index (χ4v) is 2.51. The molecule has 0 heterocycles. The molecule has 0 unspecified atom stereocenters. The zero-order valence-corrected chi connectivity index (χ0v) is 12.7. The van der Waals surface area contributed by atoms with Crippen LogP contribution in [0.3, 0.4) is 0 Å². The number of nitro groups is 1. The van der Waals surface area contributed by atoms with Gasteiger partial charge in [0, 0.05) is 6.54 Å².